The lowest BCUT2D eigenvalue weighted by Gasteiger charge is -2.21. The molecular formula is C19H22N2O3. The van der Waals surface area contributed by atoms with Gasteiger partial charge in [-0.05, 0) is 55.8 Å². The van der Waals surface area contributed by atoms with Crippen molar-refractivity contribution in [2.45, 2.75) is 20.8 Å². The molecule has 0 aliphatic heterocycles. The number of hydrogen-bond acceptors (Lipinski definition) is 3. The molecule has 0 aliphatic rings. The minimum Gasteiger partial charge on any atom is -0.494 e. The molecule has 2 aromatic rings. The van der Waals surface area contributed by atoms with Gasteiger partial charge in [0, 0.05) is 18.3 Å². The fourth-order valence-corrected chi connectivity index (χ4v) is 2.33. The minimum absolute atomic E-state index is 0.0357. The Bertz CT molecular complexity index is 711. The summed E-state index contributed by atoms with van der Waals surface area (Å²) in [5, 5.41) is 2.79. The second-order valence-electron chi connectivity index (χ2n) is 5.45. The van der Waals surface area contributed by atoms with E-state index in [1.165, 1.54) is 11.8 Å². The second kappa shape index (κ2) is 8.15. The quantitative estimate of drug-likeness (QED) is 0.885. The van der Waals surface area contributed by atoms with Crippen LogP contribution >= 0.6 is 0 Å². The molecule has 0 bridgehead atoms. The number of carbonyl (C=O) groups excluding carboxylic acids is 2. The number of amides is 2. The highest BCUT2D eigenvalue weighted by molar-refractivity contribution is 6.01. The number of nitrogens with zero attached hydrogens (tertiary/aromatic N) is 1. The van der Waals surface area contributed by atoms with Crippen LogP contribution in [0.5, 0.6) is 5.75 Å². The Hall–Kier alpha value is -2.82. The molecule has 126 valence electrons. The highest BCUT2D eigenvalue weighted by Crippen LogP contribution is 2.18. The average molecular weight is 326 g/mol. The summed E-state index contributed by atoms with van der Waals surface area (Å²) in [6, 6.07) is 14.6. The number of nitrogens with one attached hydrogen (secondary N) is 1. The van der Waals surface area contributed by atoms with Gasteiger partial charge in [-0.25, -0.2) is 0 Å². The van der Waals surface area contributed by atoms with Crippen molar-refractivity contribution in [2.24, 2.45) is 0 Å². The molecule has 0 saturated heterocycles. The van der Waals surface area contributed by atoms with E-state index < -0.39 is 0 Å². The zero-order chi connectivity index (χ0) is 17.5. The Morgan fingerprint density at radius 1 is 1.12 bits per heavy atom. The first-order valence-corrected chi connectivity index (χ1v) is 7.87. The molecule has 0 fully saturated rings. The summed E-state index contributed by atoms with van der Waals surface area (Å²) in [5.41, 5.74) is 2.41. The van der Waals surface area contributed by atoms with Crippen LogP contribution in [-0.2, 0) is 9.59 Å². The molecule has 0 spiro atoms. The predicted molar refractivity (Wildman–Crippen MR) is 95.4 cm³/mol. The molecule has 0 heterocycles. The van der Waals surface area contributed by atoms with Gasteiger partial charge in [-0.3, -0.25) is 9.59 Å². The second-order valence-corrected chi connectivity index (χ2v) is 5.45. The van der Waals surface area contributed by atoms with E-state index in [-0.39, 0.29) is 18.4 Å². The summed E-state index contributed by atoms with van der Waals surface area (Å²) in [6.07, 6.45) is 0. The largest absolute Gasteiger partial charge is 0.494 e. The number of ether oxygens (including phenoxy) is 1. The summed E-state index contributed by atoms with van der Waals surface area (Å²) >= 11 is 0. The molecule has 0 aromatic heterocycles. The van der Waals surface area contributed by atoms with Gasteiger partial charge in [0.25, 0.3) is 0 Å². The maximum atomic E-state index is 12.3. The number of anilines is 2. The summed E-state index contributed by atoms with van der Waals surface area (Å²) < 4.78 is 5.37. The van der Waals surface area contributed by atoms with Gasteiger partial charge in [0.2, 0.25) is 11.8 Å². The normalized spacial score (nSPS) is 10.1. The first kappa shape index (κ1) is 17.5. The summed E-state index contributed by atoms with van der Waals surface area (Å²) in [6.45, 7) is 5.87. The van der Waals surface area contributed by atoms with Crippen LogP contribution in [0.25, 0.3) is 0 Å². The van der Waals surface area contributed by atoms with Crippen molar-refractivity contribution in [1.82, 2.24) is 0 Å². The highest BCUT2D eigenvalue weighted by Gasteiger charge is 2.16. The van der Waals surface area contributed by atoms with Gasteiger partial charge >= 0.3 is 0 Å². The van der Waals surface area contributed by atoms with Gasteiger partial charge in [0.05, 0.1) is 6.61 Å². The van der Waals surface area contributed by atoms with Crippen molar-refractivity contribution in [3.05, 3.63) is 54.1 Å². The van der Waals surface area contributed by atoms with Crippen molar-refractivity contribution in [2.75, 3.05) is 23.4 Å². The monoisotopic (exact) mass is 326 g/mol. The summed E-state index contributed by atoms with van der Waals surface area (Å²) in [5.74, 6) is 0.318. The molecule has 2 amide bonds. The van der Waals surface area contributed by atoms with E-state index in [9.17, 15) is 9.59 Å². The number of rotatable bonds is 6. The molecule has 0 atom stereocenters. The lowest BCUT2D eigenvalue weighted by Crippen LogP contribution is -2.36. The third-order valence-electron chi connectivity index (χ3n) is 3.44. The molecule has 2 aromatic carbocycles. The fraction of sp³-hybridized carbons (Fsp3) is 0.263. The van der Waals surface area contributed by atoms with Crippen LogP contribution in [-0.4, -0.2) is 25.0 Å². The Morgan fingerprint density at radius 3 is 2.42 bits per heavy atom. The van der Waals surface area contributed by atoms with E-state index in [1.54, 1.807) is 24.3 Å². The maximum Gasteiger partial charge on any atom is 0.244 e. The van der Waals surface area contributed by atoms with Crippen LogP contribution < -0.4 is 15.0 Å². The standard InChI is InChI=1S/C19H22N2O3/c1-4-24-18-10-8-16(9-11-18)20-19(23)13-21(15(3)22)17-7-5-6-14(2)12-17/h5-12H,4,13H2,1-3H3,(H,20,23). The maximum absolute atomic E-state index is 12.3. The smallest absolute Gasteiger partial charge is 0.244 e. The van der Waals surface area contributed by atoms with E-state index in [0.29, 0.717) is 18.0 Å². The number of hydrogen-bond donors (Lipinski definition) is 1. The molecule has 5 heteroatoms. The van der Waals surface area contributed by atoms with Crippen LogP contribution in [0.2, 0.25) is 0 Å². The van der Waals surface area contributed by atoms with Crippen LogP contribution in [0.1, 0.15) is 19.4 Å². The van der Waals surface area contributed by atoms with Gasteiger partial charge in [0.1, 0.15) is 12.3 Å². The third-order valence-corrected chi connectivity index (χ3v) is 3.44. The van der Waals surface area contributed by atoms with Gasteiger partial charge < -0.3 is 15.0 Å². The first-order valence-electron chi connectivity index (χ1n) is 7.87. The Balaban J connectivity index is 2.04. The molecular weight excluding hydrogens is 304 g/mol. The molecule has 0 saturated carbocycles. The number of carbonyl (C=O) groups is 2. The summed E-state index contributed by atoms with van der Waals surface area (Å²) in [7, 11) is 0. The summed E-state index contributed by atoms with van der Waals surface area (Å²) in [4.78, 5) is 25.6. The van der Waals surface area contributed by atoms with Crippen LogP contribution in [0.3, 0.4) is 0 Å². The SMILES string of the molecule is CCOc1ccc(NC(=O)CN(C(C)=O)c2cccc(C)c2)cc1. The predicted octanol–water partition coefficient (Wildman–Crippen LogP) is 3.39. The molecule has 5 nitrogen and oxygen atoms in total. The third kappa shape index (κ3) is 4.84. The lowest BCUT2D eigenvalue weighted by atomic mass is 10.2. The van der Waals surface area contributed by atoms with E-state index >= 15 is 0 Å². The van der Waals surface area contributed by atoms with Crippen molar-refractivity contribution < 1.29 is 14.3 Å². The molecule has 24 heavy (non-hydrogen) atoms. The van der Waals surface area contributed by atoms with Crippen molar-refractivity contribution >= 4 is 23.2 Å². The molecule has 1 N–H and O–H groups in total. The van der Waals surface area contributed by atoms with Gasteiger partial charge in [-0.1, -0.05) is 12.1 Å². The van der Waals surface area contributed by atoms with E-state index in [1.807, 2.05) is 38.1 Å². The van der Waals surface area contributed by atoms with Crippen LogP contribution in [0.15, 0.2) is 48.5 Å². The molecule has 2 rings (SSSR count). The minimum atomic E-state index is -0.254. The fourth-order valence-electron chi connectivity index (χ4n) is 2.33. The first-order chi connectivity index (χ1) is 11.5. The van der Waals surface area contributed by atoms with E-state index in [4.69, 9.17) is 4.74 Å². The van der Waals surface area contributed by atoms with Gasteiger partial charge in [0.15, 0.2) is 0 Å². The molecule has 0 unspecified atom stereocenters. The van der Waals surface area contributed by atoms with Gasteiger partial charge in [-0.15, -0.1) is 0 Å². The molecule has 0 aliphatic carbocycles. The Morgan fingerprint density at radius 2 is 1.83 bits per heavy atom. The Kier molecular flexibility index (Phi) is 5.95. The van der Waals surface area contributed by atoms with Crippen LogP contribution in [0.4, 0.5) is 11.4 Å². The van der Waals surface area contributed by atoms with E-state index in [2.05, 4.69) is 5.32 Å². The van der Waals surface area contributed by atoms with Gasteiger partial charge in [-0.2, -0.15) is 0 Å². The zero-order valence-electron chi connectivity index (χ0n) is 14.2. The van der Waals surface area contributed by atoms with Crippen molar-refractivity contribution in [3.63, 3.8) is 0 Å². The Labute approximate surface area is 142 Å². The lowest BCUT2D eigenvalue weighted by molar-refractivity contribution is -0.120. The van der Waals surface area contributed by atoms with Crippen molar-refractivity contribution in [3.8, 4) is 5.75 Å². The number of benzene rings is 2. The average Bonchev–Trinajstić information content (AvgIpc) is 2.54. The zero-order valence-corrected chi connectivity index (χ0v) is 14.2. The van der Waals surface area contributed by atoms with Crippen molar-refractivity contribution in [1.29, 1.82) is 0 Å². The molecule has 0 radical (unpaired) electrons. The highest BCUT2D eigenvalue weighted by atomic mass is 16.5. The topological polar surface area (TPSA) is 58.6 Å². The van der Waals surface area contributed by atoms with E-state index in [0.717, 1.165) is 11.3 Å². The number of aryl methyl sites for hydroxylation is 1. The van der Waals surface area contributed by atoms with Crippen LogP contribution in [0, 0.1) is 6.92 Å².